The van der Waals surface area contributed by atoms with Gasteiger partial charge < -0.3 is 10.6 Å². The molecule has 0 aliphatic carbocycles. The quantitative estimate of drug-likeness (QED) is 0.894. The van der Waals surface area contributed by atoms with E-state index in [-0.39, 0.29) is 6.04 Å². The van der Waals surface area contributed by atoms with E-state index >= 15 is 0 Å². The van der Waals surface area contributed by atoms with Crippen LogP contribution in [0.15, 0.2) is 42.6 Å². The molecule has 3 rings (SSSR count). The van der Waals surface area contributed by atoms with Crippen LogP contribution in [-0.2, 0) is 13.0 Å². The van der Waals surface area contributed by atoms with Crippen molar-refractivity contribution in [1.29, 1.82) is 0 Å². The van der Waals surface area contributed by atoms with Crippen LogP contribution < -0.4 is 10.6 Å². The van der Waals surface area contributed by atoms with E-state index in [1.165, 1.54) is 16.8 Å². The van der Waals surface area contributed by atoms with E-state index in [4.69, 9.17) is 5.73 Å². The number of hydrogen-bond acceptors (Lipinski definition) is 3. The normalized spacial score (nSPS) is 16.0. The number of nitrogens with two attached hydrogens (primary N) is 1. The zero-order chi connectivity index (χ0) is 13.2. The summed E-state index contributed by atoms with van der Waals surface area (Å²) in [6, 6.07) is 12.8. The van der Waals surface area contributed by atoms with Crippen molar-refractivity contribution >= 4 is 5.69 Å². The molecule has 0 bridgehead atoms. The molecule has 1 aliphatic rings. The molecule has 3 heteroatoms. The summed E-state index contributed by atoms with van der Waals surface area (Å²) < 4.78 is 0. The second-order valence-corrected chi connectivity index (χ2v) is 5.17. The van der Waals surface area contributed by atoms with Crippen molar-refractivity contribution in [3.8, 4) is 0 Å². The Morgan fingerprint density at radius 1 is 1.16 bits per heavy atom. The number of fused-ring (bicyclic) bond motifs is 1. The van der Waals surface area contributed by atoms with E-state index in [2.05, 4.69) is 40.2 Å². The predicted octanol–water partition coefficient (Wildman–Crippen LogP) is 2.66. The Labute approximate surface area is 114 Å². The topological polar surface area (TPSA) is 42.1 Å². The minimum absolute atomic E-state index is 0.00358. The molecule has 2 N–H and O–H groups in total. The second-order valence-electron chi connectivity index (χ2n) is 5.17. The highest BCUT2D eigenvalue weighted by Gasteiger charge is 2.16. The van der Waals surface area contributed by atoms with E-state index < -0.39 is 0 Å². The molecule has 2 heterocycles. The summed E-state index contributed by atoms with van der Waals surface area (Å²) in [4.78, 5) is 6.82. The van der Waals surface area contributed by atoms with Gasteiger partial charge in [0.05, 0.1) is 17.6 Å². The fraction of sp³-hybridized carbons (Fsp3) is 0.312. The van der Waals surface area contributed by atoms with Gasteiger partial charge in [0.1, 0.15) is 0 Å². The highest BCUT2D eigenvalue weighted by atomic mass is 15.1. The Balaban J connectivity index is 1.81. The van der Waals surface area contributed by atoms with Gasteiger partial charge in [0.2, 0.25) is 0 Å². The van der Waals surface area contributed by atoms with Crippen LogP contribution in [0, 0.1) is 0 Å². The number of aromatic nitrogens is 1. The molecular weight excluding hydrogens is 234 g/mol. The van der Waals surface area contributed by atoms with Crippen molar-refractivity contribution in [2.45, 2.75) is 25.9 Å². The molecule has 0 saturated heterocycles. The minimum atomic E-state index is -0.00358. The van der Waals surface area contributed by atoms with Crippen molar-refractivity contribution in [3.05, 3.63) is 59.4 Å². The van der Waals surface area contributed by atoms with E-state index in [0.717, 1.165) is 25.2 Å². The Hall–Kier alpha value is -1.87. The van der Waals surface area contributed by atoms with Gasteiger partial charge in [-0.25, -0.2) is 0 Å². The summed E-state index contributed by atoms with van der Waals surface area (Å²) in [6.07, 6.45) is 3.04. The first-order chi connectivity index (χ1) is 9.24. The summed E-state index contributed by atoms with van der Waals surface area (Å²) in [6.45, 7) is 3.98. The molecule has 0 amide bonds. The largest absolute Gasteiger partial charge is 0.366 e. The van der Waals surface area contributed by atoms with Crippen molar-refractivity contribution in [2.75, 3.05) is 11.4 Å². The van der Waals surface area contributed by atoms with Crippen LogP contribution in [0.25, 0.3) is 0 Å². The number of rotatable bonds is 2. The maximum Gasteiger partial charge on any atom is 0.0569 e. The molecule has 1 atom stereocenters. The first-order valence-electron chi connectivity index (χ1n) is 6.77. The van der Waals surface area contributed by atoms with Crippen molar-refractivity contribution in [1.82, 2.24) is 4.98 Å². The molecule has 0 saturated carbocycles. The Morgan fingerprint density at radius 2 is 1.95 bits per heavy atom. The van der Waals surface area contributed by atoms with Gasteiger partial charge in [-0.2, -0.15) is 0 Å². The third-order valence-corrected chi connectivity index (χ3v) is 3.73. The van der Waals surface area contributed by atoms with Gasteiger partial charge in [-0.15, -0.1) is 0 Å². The molecule has 1 aromatic carbocycles. The predicted molar refractivity (Wildman–Crippen MR) is 78.0 cm³/mol. The number of pyridine rings is 1. The van der Waals surface area contributed by atoms with Gasteiger partial charge in [0, 0.05) is 19.1 Å². The Bertz CT molecular complexity index is 560. The third-order valence-electron chi connectivity index (χ3n) is 3.73. The standard InChI is InChI=1S/C16H19N3/c1-12(17)16-7-6-15(10-18-16)19-9-8-13-4-2-3-5-14(13)11-19/h2-7,10,12H,8-9,11,17H2,1H3/t12-/m1/s1. The summed E-state index contributed by atoms with van der Waals surface area (Å²) in [5.74, 6) is 0. The van der Waals surface area contributed by atoms with Crippen molar-refractivity contribution < 1.29 is 0 Å². The van der Waals surface area contributed by atoms with Crippen molar-refractivity contribution in [2.24, 2.45) is 5.73 Å². The van der Waals surface area contributed by atoms with E-state index in [1.807, 2.05) is 19.2 Å². The summed E-state index contributed by atoms with van der Waals surface area (Å²) in [5, 5.41) is 0. The summed E-state index contributed by atoms with van der Waals surface area (Å²) in [5.41, 5.74) is 10.8. The average Bonchev–Trinajstić information content (AvgIpc) is 2.47. The zero-order valence-electron chi connectivity index (χ0n) is 11.2. The lowest BCUT2D eigenvalue weighted by Gasteiger charge is -2.30. The van der Waals surface area contributed by atoms with Gasteiger partial charge in [0.25, 0.3) is 0 Å². The van der Waals surface area contributed by atoms with Gasteiger partial charge >= 0.3 is 0 Å². The number of nitrogens with zero attached hydrogens (tertiary/aromatic N) is 2. The number of anilines is 1. The number of benzene rings is 1. The van der Waals surface area contributed by atoms with Gasteiger partial charge in [-0.3, -0.25) is 4.98 Å². The second kappa shape index (κ2) is 5.02. The highest BCUT2D eigenvalue weighted by Crippen LogP contribution is 2.24. The van der Waals surface area contributed by atoms with E-state index in [0.29, 0.717) is 0 Å². The summed E-state index contributed by atoms with van der Waals surface area (Å²) in [7, 11) is 0. The van der Waals surface area contributed by atoms with Crippen LogP contribution in [0.4, 0.5) is 5.69 Å². The van der Waals surface area contributed by atoms with Gasteiger partial charge in [-0.05, 0) is 36.6 Å². The number of hydrogen-bond donors (Lipinski definition) is 1. The molecule has 2 aromatic rings. The monoisotopic (exact) mass is 253 g/mol. The molecule has 0 fully saturated rings. The van der Waals surface area contributed by atoms with Crippen molar-refractivity contribution in [3.63, 3.8) is 0 Å². The van der Waals surface area contributed by atoms with E-state index in [1.54, 1.807) is 0 Å². The molecule has 19 heavy (non-hydrogen) atoms. The van der Waals surface area contributed by atoms with Gasteiger partial charge in [-0.1, -0.05) is 24.3 Å². The lowest BCUT2D eigenvalue weighted by Crippen LogP contribution is -2.30. The van der Waals surface area contributed by atoms with Crippen LogP contribution in [0.5, 0.6) is 0 Å². The Kier molecular flexibility index (Phi) is 3.22. The third kappa shape index (κ3) is 2.47. The van der Waals surface area contributed by atoms with Crippen LogP contribution in [0.1, 0.15) is 29.8 Å². The van der Waals surface area contributed by atoms with Crippen LogP contribution in [0.3, 0.4) is 0 Å². The molecule has 1 aliphatic heterocycles. The minimum Gasteiger partial charge on any atom is -0.366 e. The first-order valence-corrected chi connectivity index (χ1v) is 6.77. The van der Waals surface area contributed by atoms with Crippen LogP contribution in [0.2, 0.25) is 0 Å². The maximum absolute atomic E-state index is 5.83. The maximum atomic E-state index is 5.83. The molecule has 1 aromatic heterocycles. The molecule has 3 nitrogen and oxygen atoms in total. The first kappa shape index (κ1) is 12.2. The van der Waals surface area contributed by atoms with Crippen LogP contribution >= 0.6 is 0 Å². The lowest BCUT2D eigenvalue weighted by molar-refractivity contribution is 0.725. The van der Waals surface area contributed by atoms with Gasteiger partial charge in [0.15, 0.2) is 0 Å². The smallest absolute Gasteiger partial charge is 0.0569 e. The molecule has 98 valence electrons. The fourth-order valence-electron chi connectivity index (χ4n) is 2.57. The lowest BCUT2D eigenvalue weighted by atomic mass is 9.99. The highest BCUT2D eigenvalue weighted by molar-refractivity contribution is 5.48. The van der Waals surface area contributed by atoms with Crippen LogP contribution in [-0.4, -0.2) is 11.5 Å². The fourth-order valence-corrected chi connectivity index (χ4v) is 2.57. The Morgan fingerprint density at radius 3 is 2.63 bits per heavy atom. The summed E-state index contributed by atoms with van der Waals surface area (Å²) >= 11 is 0. The van der Waals surface area contributed by atoms with E-state index in [9.17, 15) is 0 Å². The SMILES string of the molecule is C[C@@H](N)c1ccc(N2CCc3ccccc3C2)cn1. The molecule has 0 spiro atoms. The molecule has 0 unspecified atom stereocenters. The molecular formula is C16H19N3. The zero-order valence-corrected chi connectivity index (χ0v) is 11.2. The molecule has 0 radical (unpaired) electrons. The average molecular weight is 253 g/mol.